The van der Waals surface area contributed by atoms with Crippen molar-refractivity contribution in [1.29, 1.82) is 0 Å². The van der Waals surface area contributed by atoms with Gasteiger partial charge in [-0.3, -0.25) is 9.59 Å². The maximum Gasteiger partial charge on any atom is 0.243 e. The van der Waals surface area contributed by atoms with Crippen LogP contribution in [-0.4, -0.2) is 35.1 Å². The molecule has 1 heterocycles. The summed E-state index contributed by atoms with van der Waals surface area (Å²) >= 11 is 0. The number of hydrogen-bond acceptors (Lipinski definition) is 3. The van der Waals surface area contributed by atoms with Crippen LogP contribution < -0.4 is 5.32 Å². The molecule has 5 nitrogen and oxygen atoms in total. The predicted octanol–water partition coefficient (Wildman–Crippen LogP) is 3.34. The molecule has 1 fully saturated rings. The summed E-state index contributed by atoms with van der Waals surface area (Å²) in [5.74, 6) is 1.05. The van der Waals surface area contributed by atoms with Gasteiger partial charge in [-0.1, -0.05) is 57.0 Å². The van der Waals surface area contributed by atoms with Crippen molar-refractivity contribution in [2.75, 3.05) is 6.54 Å². The summed E-state index contributed by atoms with van der Waals surface area (Å²) in [5, 5.41) is 9.09. The smallest absolute Gasteiger partial charge is 0.243 e. The Labute approximate surface area is 155 Å². The second kappa shape index (κ2) is 8.47. The number of nitrogens with zero attached hydrogens (tertiary/aromatic N) is 2. The van der Waals surface area contributed by atoms with Crippen molar-refractivity contribution in [2.24, 2.45) is 16.9 Å². The van der Waals surface area contributed by atoms with Gasteiger partial charge in [-0.05, 0) is 23.8 Å². The van der Waals surface area contributed by atoms with Crippen LogP contribution in [0.5, 0.6) is 0 Å². The molecule has 1 aliphatic carbocycles. The average molecular weight is 355 g/mol. The molecule has 0 aromatic heterocycles. The van der Waals surface area contributed by atoms with E-state index in [9.17, 15) is 9.59 Å². The molecule has 140 valence electrons. The van der Waals surface area contributed by atoms with Gasteiger partial charge in [0.05, 0.1) is 12.3 Å². The molecule has 1 aromatic carbocycles. The Morgan fingerprint density at radius 1 is 1.15 bits per heavy atom. The molecule has 1 N–H and O–H groups in total. The molecular formula is C21H29N3O2. The van der Waals surface area contributed by atoms with Crippen molar-refractivity contribution >= 4 is 17.5 Å². The number of amides is 2. The topological polar surface area (TPSA) is 61.8 Å². The van der Waals surface area contributed by atoms with E-state index in [0.717, 1.165) is 24.1 Å². The molecule has 0 saturated heterocycles. The fourth-order valence-electron chi connectivity index (χ4n) is 3.88. The lowest BCUT2D eigenvalue weighted by atomic mass is 9.78. The van der Waals surface area contributed by atoms with E-state index in [1.165, 1.54) is 17.9 Å². The van der Waals surface area contributed by atoms with Gasteiger partial charge in [0.25, 0.3) is 0 Å². The minimum absolute atomic E-state index is 0.0178. The molecular weight excluding hydrogens is 326 g/mol. The zero-order chi connectivity index (χ0) is 18.5. The van der Waals surface area contributed by atoms with Crippen LogP contribution in [0.2, 0.25) is 0 Å². The number of hydrazone groups is 1. The molecule has 26 heavy (non-hydrogen) atoms. The molecule has 0 bridgehead atoms. The van der Waals surface area contributed by atoms with Crippen LogP contribution in [0.3, 0.4) is 0 Å². The lowest BCUT2D eigenvalue weighted by molar-refractivity contribution is -0.133. The Kier molecular flexibility index (Phi) is 6.07. The maximum absolute atomic E-state index is 12.4. The SMILES string of the molecule is CC1CCCC(NC(=O)CCC(=O)N2CCC(c3ccccc3)=N2)C1C. The van der Waals surface area contributed by atoms with Crippen LogP contribution in [0.4, 0.5) is 0 Å². The number of benzene rings is 1. The summed E-state index contributed by atoms with van der Waals surface area (Å²) < 4.78 is 0. The predicted molar refractivity (Wildman–Crippen MR) is 103 cm³/mol. The van der Waals surface area contributed by atoms with Crippen LogP contribution in [0.15, 0.2) is 35.4 Å². The van der Waals surface area contributed by atoms with Crippen LogP contribution in [0.25, 0.3) is 0 Å². The third-order valence-corrected chi connectivity index (χ3v) is 5.82. The van der Waals surface area contributed by atoms with E-state index in [1.54, 1.807) is 0 Å². The quantitative estimate of drug-likeness (QED) is 0.880. The summed E-state index contributed by atoms with van der Waals surface area (Å²) in [5.41, 5.74) is 1.99. The van der Waals surface area contributed by atoms with E-state index < -0.39 is 0 Å². The summed E-state index contributed by atoms with van der Waals surface area (Å²) in [6.07, 6.45) is 4.67. The molecule has 5 heteroatoms. The number of hydrogen-bond donors (Lipinski definition) is 1. The molecule has 2 aliphatic rings. The first-order chi connectivity index (χ1) is 12.5. The normalized spacial score (nSPS) is 25.7. The van der Waals surface area contributed by atoms with Gasteiger partial charge in [0, 0.05) is 25.3 Å². The van der Waals surface area contributed by atoms with Crippen molar-refractivity contribution in [2.45, 2.75) is 58.4 Å². The van der Waals surface area contributed by atoms with Crippen LogP contribution >= 0.6 is 0 Å². The standard InChI is InChI=1S/C21H29N3O2/c1-15-7-6-10-18(16(15)2)22-20(25)11-12-21(26)24-14-13-19(23-24)17-8-4-3-5-9-17/h3-5,8-9,15-16,18H,6-7,10-14H2,1-2H3,(H,22,25). The highest BCUT2D eigenvalue weighted by molar-refractivity contribution is 6.02. The molecule has 3 unspecified atom stereocenters. The minimum atomic E-state index is -0.0730. The number of nitrogens with one attached hydrogen (secondary N) is 1. The van der Waals surface area contributed by atoms with Gasteiger partial charge < -0.3 is 5.32 Å². The van der Waals surface area contributed by atoms with Crippen molar-refractivity contribution in [3.8, 4) is 0 Å². The molecule has 0 radical (unpaired) electrons. The third-order valence-electron chi connectivity index (χ3n) is 5.82. The van der Waals surface area contributed by atoms with Gasteiger partial charge >= 0.3 is 0 Å². The van der Waals surface area contributed by atoms with Crippen LogP contribution in [0, 0.1) is 11.8 Å². The highest BCUT2D eigenvalue weighted by atomic mass is 16.2. The largest absolute Gasteiger partial charge is 0.353 e. The summed E-state index contributed by atoms with van der Waals surface area (Å²) in [7, 11) is 0. The average Bonchev–Trinajstić information content (AvgIpc) is 3.14. The molecule has 2 amide bonds. The molecule has 1 saturated carbocycles. The summed E-state index contributed by atoms with van der Waals surface area (Å²) in [6.45, 7) is 5.06. The first-order valence-electron chi connectivity index (χ1n) is 9.77. The maximum atomic E-state index is 12.4. The second-order valence-electron chi connectivity index (χ2n) is 7.62. The van der Waals surface area contributed by atoms with E-state index in [-0.39, 0.29) is 30.7 Å². The lowest BCUT2D eigenvalue weighted by Gasteiger charge is -2.34. The number of carbonyl (C=O) groups is 2. The van der Waals surface area contributed by atoms with Gasteiger partial charge in [0.1, 0.15) is 0 Å². The van der Waals surface area contributed by atoms with E-state index in [4.69, 9.17) is 0 Å². The number of carbonyl (C=O) groups excluding carboxylic acids is 2. The molecule has 1 aromatic rings. The van der Waals surface area contributed by atoms with Crippen LogP contribution in [0.1, 0.15) is 57.9 Å². The monoisotopic (exact) mass is 355 g/mol. The summed E-state index contributed by atoms with van der Waals surface area (Å²) in [4.78, 5) is 24.6. The fraction of sp³-hybridized carbons (Fsp3) is 0.571. The van der Waals surface area contributed by atoms with Gasteiger partial charge in [-0.25, -0.2) is 5.01 Å². The first kappa shape index (κ1) is 18.6. The van der Waals surface area contributed by atoms with Crippen molar-refractivity contribution in [1.82, 2.24) is 10.3 Å². The Hall–Kier alpha value is -2.17. The van der Waals surface area contributed by atoms with Gasteiger partial charge in [-0.15, -0.1) is 0 Å². The molecule has 1 aliphatic heterocycles. The van der Waals surface area contributed by atoms with Crippen molar-refractivity contribution in [3.63, 3.8) is 0 Å². The van der Waals surface area contributed by atoms with Gasteiger partial charge in [0.15, 0.2) is 0 Å². The van der Waals surface area contributed by atoms with E-state index in [1.807, 2.05) is 30.3 Å². The zero-order valence-corrected chi connectivity index (χ0v) is 15.8. The highest BCUT2D eigenvalue weighted by Crippen LogP contribution is 2.29. The lowest BCUT2D eigenvalue weighted by Crippen LogP contribution is -2.43. The number of rotatable bonds is 5. The second-order valence-corrected chi connectivity index (χ2v) is 7.62. The first-order valence-corrected chi connectivity index (χ1v) is 9.77. The minimum Gasteiger partial charge on any atom is -0.353 e. The van der Waals surface area contributed by atoms with E-state index >= 15 is 0 Å². The van der Waals surface area contributed by atoms with Crippen LogP contribution in [-0.2, 0) is 9.59 Å². The molecule has 3 atom stereocenters. The Balaban J connectivity index is 1.47. The van der Waals surface area contributed by atoms with Gasteiger partial charge in [-0.2, -0.15) is 5.10 Å². The van der Waals surface area contributed by atoms with Crippen molar-refractivity contribution in [3.05, 3.63) is 35.9 Å². The molecule has 3 rings (SSSR count). The Bertz CT molecular complexity index is 671. The Morgan fingerprint density at radius 2 is 1.92 bits per heavy atom. The Morgan fingerprint density at radius 3 is 2.69 bits per heavy atom. The van der Waals surface area contributed by atoms with Gasteiger partial charge in [0.2, 0.25) is 11.8 Å². The van der Waals surface area contributed by atoms with E-state index in [0.29, 0.717) is 18.4 Å². The summed E-state index contributed by atoms with van der Waals surface area (Å²) in [6, 6.07) is 10.2. The fourth-order valence-corrected chi connectivity index (χ4v) is 3.88. The van der Waals surface area contributed by atoms with Crippen molar-refractivity contribution < 1.29 is 9.59 Å². The molecule has 0 spiro atoms. The third kappa shape index (κ3) is 4.51. The zero-order valence-electron chi connectivity index (χ0n) is 15.8. The highest BCUT2D eigenvalue weighted by Gasteiger charge is 2.28. The van der Waals surface area contributed by atoms with E-state index in [2.05, 4.69) is 24.3 Å².